The number of benzene rings is 1. The standard InChI is InChI=1S/C18H22N2O5S2/c1-14-6-3-4-7-15(14)9-10-19-16(21)13-25-17(22)12-20(2)27(23,24)18-8-5-11-26-18/h3-8,11H,9-10,12-13H2,1-2H3,(H,19,21). The highest BCUT2D eigenvalue weighted by Gasteiger charge is 2.24. The van der Waals surface area contributed by atoms with E-state index in [0.29, 0.717) is 13.0 Å². The van der Waals surface area contributed by atoms with E-state index in [2.05, 4.69) is 5.32 Å². The number of ether oxygens (including phenoxy) is 1. The quantitative estimate of drug-likeness (QED) is 0.634. The zero-order valence-electron chi connectivity index (χ0n) is 15.2. The van der Waals surface area contributed by atoms with Crippen LogP contribution in [0.3, 0.4) is 0 Å². The molecule has 1 aromatic carbocycles. The van der Waals surface area contributed by atoms with Gasteiger partial charge in [-0.2, -0.15) is 4.31 Å². The van der Waals surface area contributed by atoms with E-state index in [4.69, 9.17) is 4.74 Å². The molecule has 0 saturated heterocycles. The number of likely N-dealkylation sites (N-methyl/N-ethyl adjacent to an activating group) is 1. The van der Waals surface area contributed by atoms with Gasteiger partial charge in [0.15, 0.2) is 6.61 Å². The summed E-state index contributed by atoms with van der Waals surface area (Å²) in [4.78, 5) is 23.6. The van der Waals surface area contributed by atoms with Crippen LogP contribution in [0.5, 0.6) is 0 Å². The van der Waals surface area contributed by atoms with Crippen molar-refractivity contribution in [3.63, 3.8) is 0 Å². The Morgan fingerprint density at radius 1 is 1.19 bits per heavy atom. The number of hydrogen-bond donors (Lipinski definition) is 1. The molecular formula is C18H22N2O5S2. The first-order valence-electron chi connectivity index (χ1n) is 8.27. The lowest BCUT2D eigenvalue weighted by Gasteiger charge is -2.15. The normalized spacial score (nSPS) is 11.4. The molecule has 0 radical (unpaired) electrons. The van der Waals surface area contributed by atoms with Gasteiger partial charge in [0.1, 0.15) is 10.8 Å². The maximum absolute atomic E-state index is 12.2. The third kappa shape index (κ3) is 6.16. The van der Waals surface area contributed by atoms with Crippen LogP contribution in [0, 0.1) is 6.92 Å². The number of sulfonamides is 1. The molecule has 27 heavy (non-hydrogen) atoms. The van der Waals surface area contributed by atoms with Gasteiger partial charge in [0.05, 0.1) is 0 Å². The number of thiophene rings is 1. The van der Waals surface area contributed by atoms with Crippen molar-refractivity contribution in [1.29, 1.82) is 0 Å². The molecule has 1 aromatic heterocycles. The van der Waals surface area contributed by atoms with Crippen molar-refractivity contribution in [2.45, 2.75) is 17.6 Å². The number of amides is 1. The zero-order chi connectivity index (χ0) is 19.9. The predicted molar refractivity (Wildman–Crippen MR) is 103 cm³/mol. The number of carbonyl (C=O) groups is 2. The summed E-state index contributed by atoms with van der Waals surface area (Å²) in [5, 5.41) is 4.31. The number of nitrogens with zero attached hydrogens (tertiary/aromatic N) is 1. The van der Waals surface area contributed by atoms with E-state index in [0.717, 1.165) is 26.8 Å². The Morgan fingerprint density at radius 2 is 1.93 bits per heavy atom. The Bertz CT molecular complexity index is 879. The van der Waals surface area contributed by atoms with Crippen molar-refractivity contribution in [3.8, 4) is 0 Å². The highest BCUT2D eigenvalue weighted by atomic mass is 32.2. The second-order valence-electron chi connectivity index (χ2n) is 5.88. The van der Waals surface area contributed by atoms with Crippen LogP contribution in [0.1, 0.15) is 11.1 Å². The van der Waals surface area contributed by atoms with Gasteiger partial charge < -0.3 is 10.1 Å². The molecule has 1 heterocycles. The molecule has 0 aliphatic carbocycles. The fraction of sp³-hybridized carbons (Fsp3) is 0.333. The molecule has 9 heteroatoms. The van der Waals surface area contributed by atoms with Crippen molar-refractivity contribution in [3.05, 3.63) is 52.9 Å². The van der Waals surface area contributed by atoms with Gasteiger partial charge in [-0.05, 0) is 35.9 Å². The molecule has 0 atom stereocenters. The summed E-state index contributed by atoms with van der Waals surface area (Å²) in [7, 11) is -2.44. The monoisotopic (exact) mass is 410 g/mol. The van der Waals surface area contributed by atoms with Crippen molar-refractivity contribution in [2.24, 2.45) is 0 Å². The fourth-order valence-corrected chi connectivity index (χ4v) is 4.62. The minimum absolute atomic E-state index is 0.145. The van der Waals surface area contributed by atoms with Crippen LogP contribution in [0.15, 0.2) is 46.0 Å². The van der Waals surface area contributed by atoms with E-state index in [1.54, 1.807) is 11.4 Å². The molecule has 2 rings (SSSR count). The molecule has 0 bridgehead atoms. The lowest BCUT2D eigenvalue weighted by Crippen LogP contribution is -2.35. The predicted octanol–water partition coefficient (Wildman–Crippen LogP) is 1.58. The molecule has 1 N–H and O–H groups in total. The van der Waals surface area contributed by atoms with Crippen LogP contribution < -0.4 is 5.32 Å². The van der Waals surface area contributed by atoms with Crippen molar-refractivity contribution in [1.82, 2.24) is 9.62 Å². The molecule has 0 saturated carbocycles. The Hall–Kier alpha value is -2.23. The van der Waals surface area contributed by atoms with Crippen molar-refractivity contribution in [2.75, 3.05) is 26.7 Å². The van der Waals surface area contributed by atoms with Gasteiger partial charge in [-0.1, -0.05) is 30.3 Å². The fourth-order valence-electron chi connectivity index (χ4n) is 2.30. The Morgan fingerprint density at radius 3 is 2.59 bits per heavy atom. The van der Waals surface area contributed by atoms with E-state index < -0.39 is 35.1 Å². The summed E-state index contributed by atoms with van der Waals surface area (Å²) < 4.78 is 30.3. The van der Waals surface area contributed by atoms with Gasteiger partial charge in [0.2, 0.25) is 0 Å². The van der Waals surface area contributed by atoms with Crippen LogP contribution in [0.25, 0.3) is 0 Å². The highest BCUT2D eigenvalue weighted by Crippen LogP contribution is 2.19. The summed E-state index contributed by atoms with van der Waals surface area (Å²) in [5.74, 6) is -1.22. The molecular weight excluding hydrogens is 388 g/mol. The molecule has 7 nitrogen and oxygen atoms in total. The highest BCUT2D eigenvalue weighted by molar-refractivity contribution is 7.91. The van der Waals surface area contributed by atoms with Crippen molar-refractivity contribution < 1.29 is 22.7 Å². The van der Waals surface area contributed by atoms with Gasteiger partial charge in [0, 0.05) is 13.6 Å². The Balaban J connectivity index is 1.72. The van der Waals surface area contributed by atoms with Gasteiger partial charge in [-0.25, -0.2) is 8.42 Å². The maximum atomic E-state index is 12.2. The number of nitrogens with one attached hydrogen (secondary N) is 1. The summed E-state index contributed by atoms with van der Waals surface area (Å²) in [5.41, 5.74) is 2.28. The number of rotatable bonds is 9. The third-order valence-corrected chi connectivity index (χ3v) is 7.03. The topological polar surface area (TPSA) is 92.8 Å². The minimum atomic E-state index is -3.73. The van der Waals surface area contributed by atoms with Crippen LogP contribution >= 0.6 is 11.3 Å². The Labute approximate surface area is 163 Å². The summed E-state index contributed by atoms with van der Waals surface area (Å²) in [6, 6.07) is 11.0. The SMILES string of the molecule is Cc1ccccc1CCNC(=O)COC(=O)CN(C)S(=O)(=O)c1cccs1. The minimum Gasteiger partial charge on any atom is -0.455 e. The molecule has 0 spiro atoms. The van der Waals surface area contributed by atoms with Gasteiger partial charge in [0.25, 0.3) is 15.9 Å². The van der Waals surface area contributed by atoms with Crippen LogP contribution in [-0.2, 0) is 30.8 Å². The van der Waals surface area contributed by atoms with Gasteiger partial charge in [-0.15, -0.1) is 11.3 Å². The van der Waals surface area contributed by atoms with Gasteiger partial charge in [-0.3, -0.25) is 9.59 Å². The van der Waals surface area contributed by atoms with E-state index in [1.807, 2.05) is 31.2 Å². The molecule has 0 aliphatic rings. The van der Waals surface area contributed by atoms with E-state index >= 15 is 0 Å². The van der Waals surface area contributed by atoms with E-state index in [-0.39, 0.29) is 4.21 Å². The number of hydrogen-bond acceptors (Lipinski definition) is 6. The molecule has 2 aromatic rings. The largest absolute Gasteiger partial charge is 0.455 e. The van der Waals surface area contributed by atoms with Crippen LogP contribution in [0.4, 0.5) is 0 Å². The molecule has 146 valence electrons. The van der Waals surface area contributed by atoms with Crippen LogP contribution in [0.2, 0.25) is 0 Å². The van der Waals surface area contributed by atoms with Gasteiger partial charge >= 0.3 is 5.97 Å². The molecule has 0 aliphatic heterocycles. The number of esters is 1. The molecule has 0 unspecified atom stereocenters. The van der Waals surface area contributed by atoms with Crippen molar-refractivity contribution >= 4 is 33.2 Å². The maximum Gasteiger partial charge on any atom is 0.321 e. The second-order valence-corrected chi connectivity index (χ2v) is 9.10. The first-order valence-corrected chi connectivity index (χ1v) is 10.6. The number of aryl methyl sites for hydroxylation is 1. The average Bonchev–Trinajstić information content (AvgIpc) is 3.17. The zero-order valence-corrected chi connectivity index (χ0v) is 16.8. The molecule has 1 amide bonds. The summed E-state index contributed by atoms with van der Waals surface area (Å²) >= 11 is 1.07. The summed E-state index contributed by atoms with van der Waals surface area (Å²) in [6.45, 7) is 1.52. The first kappa shape index (κ1) is 21.1. The first-order chi connectivity index (χ1) is 12.8. The Kier molecular flexibility index (Phi) is 7.52. The third-order valence-electron chi connectivity index (χ3n) is 3.85. The smallest absolute Gasteiger partial charge is 0.321 e. The average molecular weight is 411 g/mol. The second kappa shape index (κ2) is 9.63. The van der Waals surface area contributed by atoms with E-state index in [9.17, 15) is 18.0 Å². The van der Waals surface area contributed by atoms with E-state index in [1.165, 1.54) is 13.1 Å². The molecule has 0 fully saturated rings. The van der Waals surface area contributed by atoms with Crippen LogP contribution in [-0.4, -0.2) is 51.3 Å². The lowest BCUT2D eigenvalue weighted by atomic mass is 10.1. The lowest BCUT2D eigenvalue weighted by molar-refractivity contribution is -0.148. The summed E-state index contributed by atoms with van der Waals surface area (Å²) in [6.07, 6.45) is 0.675. The number of carbonyl (C=O) groups excluding carboxylic acids is 2.